The van der Waals surface area contributed by atoms with Gasteiger partial charge in [-0.25, -0.2) is 0 Å². The van der Waals surface area contributed by atoms with Crippen molar-refractivity contribution in [1.82, 2.24) is 15.3 Å². The third-order valence-corrected chi connectivity index (χ3v) is 3.57. The van der Waals surface area contributed by atoms with E-state index in [0.717, 1.165) is 23.0 Å². The fraction of sp³-hybridized carbons (Fsp3) is 0.471. The third-order valence-electron chi connectivity index (χ3n) is 3.57. The lowest BCUT2D eigenvalue weighted by molar-refractivity contribution is -0.139. The fourth-order valence-corrected chi connectivity index (χ4v) is 2.25. The lowest BCUT2D eigenvalue weighted by atomic mass is 9.88. The monoisotopic (exact) mass is 301 g/mol. The summed E-state index contributed by atoms with van der Waals surface area (Å²) >= 11 is 0. The molecule has 1 aromatic carbocycles. The van der Waals surface area contributed by atoms with Crippen molar-refractivity contribution in [3.05, 3.63) is 36.2 Å². The van der Waals surface area contributed by atoms with Gasteiger partial charge in [0.1, 0.15) is 6.04 Å². The highest BCUT2D eigenvalue weighted by Gasteiger charge is 2.20. The molecule has 0 aliphatic rings. The Morgan fingerprint density at radius 2 is 1.91 bits per heavy atom. The number of nitrogens with one attached hydrogen (secondary N) is 1. The summed E-state index contributed by atoms with van der Waals surface area (Å²) in [6.07, 6.45) is 4.79. The molecule has 22 heavy (non-hydrogen) atoms. The summed E-state index contributed by atoms with van der Waals surface area (Å²) in [5.41, 5.74) is 2.81. The van der Waals surface area contributed by atoms with Gasteiger partial charge in [-0.2, -0.15) is 0 Å². The summed E-state index contributed by atoms with van der Waals surface area (Å²) < 4.78 is 0. The minimum Gasteiger partial charge on any atom is -0.480 e. The van der Waals surface area contributed by atoms with Gasteiger partial charge >= 0.3 is 5.97 Å². The number of carboxylic acids is 1. The maximum absolute atomic E-state index is 11.4. The van der Waals surface area contributed by atoms with Gasteiger partial charge in [0.15, 0.2) is 0 Å². The first-order valence-electron chi connectivity index (χ1n) is 7.51. The van der Waals surface area contributed by atoms with Gasteiger partial charge in [0, 0.05) is 18.9 Å². The summed E-state index contributed by atoms with van der Waals surface area (Å²) in [5.74, 6) is -0.801. The van der Waals surface area contributed by atoms with Crippen molar-refractivity contribution in [3.8, 4) is 0 Å². The lowest BCUT2D eigenvalue weighted by Crippen LogP contribution is -2.37. The zero-order valence-electron chi connectivity index (χ0n) is 13.3. The van der Waals surface area contributed by atoms with Gasteiger partial charge in [-0.1, -0.05) is 26.8 Å². The van der Waals surface area contributed by atoms with Crippen molar-refractivity contribution in [1.29, 1.82) is 0 Å². The highest BCUT2D eigenvalue weighted by molar-refractivity contribution is 5.75. The van der Waals surface area contributed by atoms with Gasteiger partial charge in [-0.15, -0.1) is 0 Å². The summed E-state index contributed by atoms with van der Waals surface area (Å²) in [6.45, 7) is 6.86. The zero-order valence-corrected chi connectivity index (χ0v) is 13.3. The van der Waals surface area contributed by atoms with Crippen molar-refractivity contribution >= 4 is 17.0 Å². The second kappa shape index (κ2) is 6.83. The molecule has 118 valence electrons. The predicted octanol–water partition coefficient (Wildman–Crippen LogP) is 3.00. The molecule has 1 atom stereocenters. The molecule has 2 aromatic rings. The Hall–Kier alpha value is -2.01. The zero-order chi connectivity index (χ0) is 16.2. The van der Waals surface area contributed by atoms with Crippen molar-refractivity contribution in [3.63, 3.8) is 0 Å². The Kier molecular flexibility index (Phi) is 5.08. The maximum Gasteiger partial charge on any atom is 0.320 e. The van der Waals surface area contributed by atoms with E-state index in [0.29, 0.717) is 13.0 Å². The SMILES string of the molecule is CC(C)(C)CCC(NCc1ccc2nccnc2c1)C(=O)O. The number of carboxylic acid groups (broad SMARTS) is 1. The molecule has 0 aliphatic carbocycles. The number of nitrogens with zero attached hydrogens (tertiary/aromatic N) is 2. The summed E-state index contributed by atoms with van der Waals surface area (Å²) in [7, 11) is 0. The molecular weight excluding hydrogens is 278 g/mol. The van der Waals surface area contributed by atoms with Crippen LogP contribution in [0.15, 0.2) is 30.6 Å². The first-order chi connectivity index (χ1) is 10.3. The Morgan fingerprint density at radius 3 is 2.55 bits per heavy atom. The molecule has 5 nitrogen and oxygen atoms in total. The number of fused-ring (bicyclic) bond motifs is 1. The highest BCUT2D eigenvalue weighted by Crippen LogP contribution is 2.22. The summed E-state index contributed by atoms with van der Waals surface area (Å²) in [6, 6.07) is 5.27. The molecule has 0 saturated heterocycles. The first-order valence-corrected chi connectivity index (χ1v) is 7.51. The fourth-order valence-electron chi connectivity index (χ4n) is 2.25. The van der Waals surface area contributed by atoms with E-state index in [9.17, 15) is 9.90 Å². The van der Waals surface area contributed by atoms with Crippen LogP contribution in [-0.4, -0.2) is 27.1 Å². The van der Waals surface area contributed by atoms with Gasteiger partial charge in [-0.05, 0) is 36.0 Å². The first kappa shape index (κ1) is 16.4. The van der Waals surface area contributed by atoms with Crippen LogP contribution in [0.3, 0.4) is 0 Å². The molecule has 2 rings (SSSR count). The quantitative estimate of drug-likeness (QED) is 0.858. The van der Waals surface area contributed by atoms with E-state index in [4.69, 9.17) is 0 Å². The number of aliphatic carboxylic acids is 1. The number of rotatable bonds is 6. The van der Waals surface area contributed by atoms with Crippen LogP contribution in [0, 0.1) is 5.41 Å². The van der Waals surface area contributed by atoms with Crippen molar-refractivity contribution in [2.24, 2.45) is 5.41 Å². The lowest BCUT2D eigenvalue weighted by Gasteiger charge is -2.21. The van der Waals surface area contributed by atoms with Crippen LogP contribution in [0.4, 0.5) is 0 Å². The normalized spacial score (nSPS) is 13.2. The topological polar surface area (TPSA) is 75.1 Å². The van der Waals surface area contributed by atoms with E-state index in [1.807, 2.05) is 18.2 Å². The molecule has 0 fully saturated rings. The van der Waals surface area contributed by atoms with E-state index >= 15 is 0 Å². The summed E-state index contributed by atoms with van der Waals surface area (Å²) in [5, 5.41) is 12.5. The van der Waals surface area contributed by atoms with Crippen molar-refractivity contribution in [2.45, 2.75) is 46.2 Å². The Morgan fingerprint density at radius 1 is 1.23 bits per heavy atom. The minimum atomic E-state index is -0.801. The Bertz CT molecular complexity index is 650. The average Bonchev–Trinajstić information content (AvgIpc) is 2.45. The Labute approximate surface area is 130 Å². The number of benzene rings is 1. The number of carbonyl (C=O) groups is 1. The van der Waals surface area contributed by atoms with Gasteiger partial charge in [0.25, 0.3) is 0 Å². The maximum atomic E-state index is 11.4. The number of hydrogen-bond donors (Lipinski definition) is 2. The van der Waals surface area contributed by atoms with Gasteiger partial charge in [0.05, 0.1) is 11.0 Å². The average molecular weight is 301 g/mol. The van der Waals surface area contributed by atoms with Crippen LogP contribution >= 0.6 is 0 Å². The van der Waals surface area contributed by atoms with Crippen LogP contribution in [0.1, 0.15) is 39.2 Å². The molecule has 0 saturated carbocycles. The minimum absolute atomic E-state index is 0.133. The van der Waals surface area contributed by atoms with Crippen LogP contribution < -0.4 is 5.32 Å². The molecule has 1 heterocycles. The molecule has 0 bridgehead atoms. The predicted molar refractivity (Wildman–Crippen MR) is 86.5 cm³/mol. The van der Waals surface area contributed by atoms with Crippen molar-refractivity contribution < 1.29 is 9.90 Å². The smallest absolute Gasteiger partial charge is 0.320 e. The third kappa shape index (κ3) is 4.77. The standard InChI is InChI=1S/C17H23N3O2/c1-17(2,3)7-6-14(16(21)22)20-11-12-4-5-13-15(10-12)19-9-8-18-13/h4-5,8-10,14,20H,6-7,11H2,1-3H3,(H,21,22). The largest absolute Gasteiger partial charge is 0.480 e. The molecule has 1 unspecified atom stereocenters. The number of aromatic nitrogens is 2. The second-order valence-electron chi connectivity index (χ2n) is 6.75. The molecule has 2 N–H and O–H groups in total. The van der Waals surface area contributed by atoms with Crippen LogP contribution in [0.25, 0.3) is 11.0 Å². The molecule has 5 heteroatoms. The van der Waals surface area contributed by atoms with Crippen LogP contribution in [-0.2, 0) is 11.3 Å². The Balaban J connectivity index is 1.99. The van der Waals surface area contributed by atoms with Crippen LogP contribution in [0.5, 0.6) is 0 Å². The second-order valence-corrected chi connectivity index (χ2v) is 6.75. The molecule has 0 amide bonds. The van der Waals surface area contributed by atoms with E-state index in [1.165, 1.54) is 0 Å². The number of hydrogen-bond acceptors (Lipinski definition) is 4. The van der Waals surface area contributed by atoms with E-state index in [-0.39, 0.29) is 5.41 Å². The van der Waals surface area contributed by atoms with Gasteiger partial charge in [0.2, 0.25) is 0 Å². The van der Waals surface area contributed by atoms with Crippen molar-refractivity contribution in [2.75, 3.05) is 0 Å². The molecule has 0 aliphatic heterocycles. The highest BCUT2D eigenvalue weighted by atomic mass is 16.4. The van der Waals surface area contributed by atoms with E-state index in [1.54, 1.807) is 12.4 Å². The molecular formula is C17H23N3O2. The van der Waals surface area contributed by atoms with E-state index < -0.39 is 12.0 Å². The molecule has 1 aromatic heterocycles. The molecule has 0 radical (unpaired) electrons. The van der Waals surface area contributed by atoms with E-state index in [2.05, 4.69) is 36.1 Å². The van der Waals surface area contributed by atoms with Gasteiger partial charge in [-0.3, -0.25) is 14.8 Å². The molecule has 0 spiro atoms. The van der Waals surface area contributed by atoms with Crippen LogP contribution in [0.2, 0.25) is 0 Å². The summed E-state index contributed by atoms with van der Waals surface area (Å²) in [4.78, 5) is 19.9. The van der Waals surface area contributed by atoms with Gasteiger partial charge < -0.3 is 10.4 Å².